The average molecular weight is 606 g/mol. The number of ether oxygens (including phenoxy) is 3. The Balaban J connectivity index is 3.39. The third-order valence-corrected chi connectivity index (χ3v) is 3.81. The quantitative estimate of drug-likeness (QED) is 0.192. The molecule has 1 aromatic rings. The SMILES string of the molecule is O=C(Cc1ccc(OC(=O)C(F)(F)C(F)(F)F)c(OC(=O)C(F)(F)C(F)(F)F)c1)OC(=O)C(F)(F)C(F)(F)F. The number of alkyl halides is 15. The van der Waals surface area contributed by atoms with Crippen LogP contribution in [0.5, 0.6) is 11.5 Å². The number of carbonyl (C=O) groups excluding carboxylic acids is 4. The Labute approximate surface area is 202 Å². The van der Waals surface area contributed by atoms with Gasteiger partial charge >= 0.3 is 60.2 Å². The van der Waals surface area contributed by atoms with Gasteiger partial charge < -0.3 is 14.2 Å². The zero-order valence-electron chi connectivity index (χ0n) is 17.5. The molecule has 0 radical (unpaired) electrons. The lowest BCUT2D eigenvalue weighted by atomic mass is 10.1. The molecule has 0 aliphatic rings. The Morgan fingerprint density at radius 1 is 0.538 bits per heavy atom. The van der Waals surface area contributed by atoms with Crippen LogP contribution in [-0.4, -0.2) is 60.2 Å². The lowest BCUT2D eigenvalue weighted by Gasteiger charge is -2.20. The first-order chi connectivity index (χ1) is 17.2. The summed E-state index contributed by atoms with van der Waals surface area (Å²) in [7, 11) is 0. The number of hydrogen-bond acceptors (Lipinski definition) is 7. The molecule has 0 saturated heterocycles. The van der Waals surface area contributed by atoms with Crippen molar-refractivity contribution in [3.8, 4) is 11.5 Å². The molecule has 1 rings (SSSR count). The molecule has 0 atom stereocenters. The molecule has 0 amide bonds. The minimum atomic E-state index is -6.68. The van der Waals surface area contributed by atoms with E-state index in [-0.39, 0.29) is 18.2 Å². The van der Waals surface area contributed by atoms with Crippen LogP contribution >= 0.6 is 0 Å². The van der Waals surface area contributed by atoms with E-state index in [1.165, 1.54) is 0 Å². The van der Waals surface area contributed by atoms with Gasteiger partial charge in [-0.05, 0) is 17.7 Å². The van der Waals surface area contributed by atoms with E-state index in [4.69, 9.17) is 0 Å². The predicted molar refractivity (Wildman–Crippen MR) is 85.5 cm³/mol. The van der Waals surface area contributed by atoms with Crippen LogP contribution in [0.25, 0.3) is 0 Å². The van der Waals surface area contributed by atoms with E-state index >= 15 is 0 Å². The monoisotopic (exact) mass is 606 g/mol. The van der Waals surface area contributed by atoms with Gasteiger partial charge in [-0.25, -0.2) is 14.4 Å². The number of carbonyl (C=O) groups is 4. The van der Waals surface area contributed by atoms with Crippen LogP contribution < -0.4 is 9.47 Å². The molecule has 0 aromatic heterocycles. The molecule has 0 spiro atoms. The maximum absolute atomic E-state index is 13.2. The van der Waals surface area contributed by atoms with Crippen LogP contribution in [-0.2, 0) is 30.3 Å². The van der Waals surface area contributed by atoms with Gasteiger partial charge in [-0.2, -0.15) is 65.9 Å². The molecular weight excluding hydrogens is 601 g/mol. The Morgan fingerprint density at radius 3 is 1.28 bits per heavy atom. The summed E-state index contributed by atoms with van der Waals surface area (Å²) in [5.41, 5.74) is -1.02. The van der Waals surface area contributed by atoms with Gasteiger partial charge in [0.05, 0.1) is 6.42 Å². The van der Waals surface area contributed by atoms with Crippen LogP contribution in [0.15, 0.2) is 18.2 Å². The molecule has 0 saturated carbocycles. The summed E-state index contributed by atoms with van der Waals surface area (Å²) in [5.74, 6) is -35.8. The Hall–Kier alpha value is -3.75. The summed E-state index contributed by atoms with van der Waals surface area (Å²) in [4.78, 5) is 44.9. The number of benzene rings is 1. The molecule has 0 fully saturated rings. The van der Waals surface area contributed by atoms with Crippen LogP contribution in [0.2, 0.25) is 0 Å². The lowest BCUT2D eigenvalue weighted by molar-refractivity contribution is -0.279. The van der Waals surface area contributed by atoms with Gasteiger partial charge in [0.15, 0.2) is 11.5 Å². The summed E-state index contributed by atoms with van der Waals surface area (Å²) in [5, 5.41) is 0. The van der Waals surface area contributed by atoms with E-state index in [0.29, 0.717) is 0 Å². The highest BCUT2D eigenvalue weighted by molar-refractivity contribution is 5.91. The molecule has 22 heteroatoms. The second-order valence-corrected chi connectivity index (χ2v) is 6.71. The number of hydrogen-bond donors (Lipinski definition) is 0. The van der Waals surface area contributed by atoms with Crippen molar-refractivity contribution in [3.05, 3.63) is 23.8 Å². The molecular formula is C17H5F15O7. The molecule has 0 aliphatic heterocycles. The highest BCUT2D eigenvalue weighted by Crippen LogP contribution is 2.41. The van der Waals surface area contributed by atoms with Crippen molar-refractivity contribution in [2.24, 2.45) is 0 Å². The van der Waals surface area contributed by atoms with Gasteiger partial charge in [0.2, 0.25) is 0 Å². The number of halogens is 15. The van der Waals surface area contributed by atoms with E-state index in [1.807, 2.05) is 0 Å². The van der Waals surface area contributed by atoms with Crippen molar-refractivity contribution in [2.45, 2.75) is 42.7 Å². The van der Waals surface area contributed by atoms with E-state index in [2.05, 4.69) is 14.2 Å². The smallest absolute Gasteiger partial charge is 0.418 e. The van der Waals surface area contributed by atoms with Crippen LogP contribution in [0.3, 0.4) is 0 Å². The largest absolute Gasteiger partial charge is 0.465 e. The van der Waals surface area contributed by atoms with Gasteiger partial charge in [0.25, 0.3) is 0 Å². The molecule has 0 heterocycles. The highest BCUT2D eigenvalue weighted by atomic mass is 19.4. The van der Waals surface area contributed by atoms with Crippen LogP contribution in [0, 0.1) is 0 Å². The summed E-state index contributed by atoms with van der Waals surface area (Å²) in [6.45, 7) is 0. The van der Waals surface area contributed by atoms with Crippen molar-refractivity contribution in [3.63, 3.8) is 0 Å². The molecule has 0 unspecified atom stereocenters. The summed E-state index contributed by atoms with van der Waals surface area (Å²) >= 11 is 0. The first kappa shape index (κ1) is 33.3. The topological polar surface area (TPSA) is 96.0 Å². The zero-order valence-corrected chi connectivity index (χ0v) is 17.5. The molecule has 1 aromatic carbocycles. The second kappa shape index (κ2) is 10.4. The Morgan fingerprint density at radius 2 is 0.897 bits per heavy atom. The van der Waals surface area contributed by atoms with Gasteiger partial charge in [0.1, 0.15) is 0 Å². The average Bonchev–Trinajstić information content (AvgIpc) is 2.72. The molecule has 0 N–H and O–H groups in total. The number of rotatable bonds is 7. The van der Waals surface area contributed by atoms with Crippen molar-refractivity contribution in [1.29, 1.82) is 0 Å². The van der Waals surface area contributed by atoms with E-state index in [0.717, 1.165) is 0 Å². The van der Waals surface area contributed by atoms with Gasteiger partial charge in [-0.1, -0.05) is 6.07 Å². The summed E-state index contributed by atoms with van der Waals surface area (Å²) < 4.78 is 199. The second-order valence-electron chi connectivity index (χ2n) is 6.71. The molecule has 39 heavy (non-hydrogen) atoms. The van der Waals surface area contributed by atoms with E-state index in [1.54, 1.807) is 0 Å². The van der Waals surface area contributed by atoms with Crippen molar-refractivity contribution < 1.29 is 99.2 Å². The Bertz CT molecular complexity index is 1130. The van der Waals surface area contributed by atoms with Crippen LogP contribution in [0.4, 0.5) is 65.9 Å². The fraction of sp³-hybridized carbons (Fsp3) is 0.412. The third-order valence-electron chi connectivity index (χ3n) is 3.81. The lowest BCUT2D eigenvalue weighted by Crippen LogP contribution is -2.47. The fourth-order valence-electron chi connectivity index (χ4n) is 1.87. The van der Waals surface area contributed by atoms with Gasteiger partial charge in [-0.3, -0.25) is 4.79 Å². The van der Waals surface area contributed by atoms with E-state index < -0.39 is 83.7 Å². The first-order valence-electron chi connectivity index (χ1n) is 8.82. The van der Waals surface area contributed by atoms with Crippen molar-refractivity contribution >= 4 is 23.9 Å². The predicted octanol–water partition coefficient (Wildman–Crippen LogP) is 4.70. The summed E-state index contributed by atoms with van der Waals surface area (Å²) in [6, 6.07) is 0.0149. The molecule has 7 nitrogen and oxygen atoms in total. The molecule has 0 aliphatic carbocycles. The maximum atomic E-state index is 13.2. The zero-order chi connectivity index (χ0) is 31.0. The van der Waals surface area contributed by atoms with Gasteiger partial charge in [0, 0.05) is 0 Å². The minimum absolute atomic E-state index is 0.0621. The van der Waals surface area contributed by atoms with Crippen molar-refractivity contribution in [1.82, 2.24) is 0 Å². The van der Waals surface area contributed by atoms with Crippen LogP contribution in [0.1, 0.15) is 5.56 Å². The molecule has 0 bridgehead atoms. The standard InChI is InChI=1S/C17H5F15O7/c18-12(19,15(24,25)26)9(34)37-6-2-1-5(3-7(6)38-10(35)13(20,21)16(27,28)29)4-8(33)39-11(36)14(22,23)17(30,31)32/h1-3H,4H2. The number of esters is 4. The van der Waals surface area contributed by atoms with E-state index in [9.17, 15) is 85.0 Å². The maximum Gasteiger partial charge on any atom is 0.465 e. The highest BCUT2D eigenvalue weighted by Gasteiger charge is 2.67. The first-order valence-corrected chi connectivity index (χ1v) is 8.82. The van der Waals surface area contributed by atoms with Gasteiger partial charge in [-0.15, -0.1) is 0 Å². The van der Waals surface area contributed by atoms with Crippen molar-refractivity contribution in [2.75, 3.05) is 0 Å². The Kier molecular flexibility index (Phi) is 8.90. The fourth-order valence-corrected chi connectivity index (χ4v) is 1.87. The normalized spacial score (nSPS) is 13.5. The molecule has 220 valence electrons. The third kappa shape index (κ3) is 7.22. The minimum Gasteiger partial charge on any atom is -0.418 e. The summed E-state index contributed by atoms with van der Waals surface area (Å²) in [6.07, 6.45) is -21.6.